The number of benzene rings is 1. The van der Waals surface area contributed by atoms with E-state index in [0.29, 0.717) is 28.8 Å². The summed E-state index contributed by atoms with van der Waals surface area (Å²) in [5.41, 5.74) is 1.46. The highest BCUT2D eigenvalue weighted by molar-refractivity contribution is 6.39. The van der Waals surface area contributed by atoms with E-state index in [4.69, 9.17) is 27.9 Å². The third kappa shape index (κ3) is 2.38. The van der Waals surface area contributed by atoms with Gasteiger partial charge in [-0.2, -0.15) is 0 Å². The summed E-state index contributed by atoms with van der Waals surface area (Å²) >= 11 is 12.2. The molecule has 1 aromatic carbocycles. The van der Waals surface area contributed by atoms with Gasteiger partial charge in [-0.05, 0) is 25.0 Å². The standard InChI is InChI=1S/C14H13Cl2NO2/c15-9-5-11(16)13-10(7-17-12(13)6-9)14(18)8-1-3-19-4-2-8/h5-8,17H,1-4H2. The van der Waals surface area contributed by atoms with Crippen LogP contribution in [0.25, 0.3) is 10.9 Å². The third-order valence-corrected chi connectivity index (χ3v) is 4.07. The maximum atomic E-state index is 12.5. The highest BCUT2D eigenvalue weighted by atomic mass is 35.5. The van der Waals surface area contributed by atoms with Crippen molar-refractivity contribution in [3.05, 3.63) is 33.9 Å². The number of Topliss-reactive ketones (excluding diaryl/α,β-unsaturated/α-hetero) is 1. The normalized spacial score (nSPS) is 16.9. The lowest BCUT2D eigenvalue weighted by Crippen LogP contribution is -2.23. The van der Waals surface area contributed by atoms with Crippen LogP contribution in [0.5, 0.6) is 0 Å². The molecule has 0 bridgehead atoms. The van der Waals surface area contributed by atoms with E-state index in [1.807, 2.05) is 0 Å². The summed E-state index contributed by atoms with van der Waals surface area (Å²) in [6.45, 7) is 1.30. The molecule has 1 saturated heterocycles. The van der Waals surface area contributed by atoms with Crippen molar-refractivity contribution in [2.45, 2.75) is 12.8 Å². The third-order valence-electron chi connectivity index (χ3n) is 3.55. The highest BCUT2D eigenvalue weighted by Gasteiger charge is 2.25. The van der Waals surface area contributed by atoms with Gasteiger partial charge in [0.15, 0.2) is 5.78 Å². The second kappa shape index (κ2) is 5.16. The molecular formula is C14H13Cl2NO2. The van der Waals surface area contributed by atoms with E-state index in [1.54, 1.807) is 18.3 Å². The van der Waals surface area contributed by atoms with Gasteiger partial charge >= 0.3 is 0 Å². The SMILES string of the molecule is O=C(c1c[nH]c2cc(Cl)cc(Cl)c12)C1CCOCC1. The fourth-order valence-corrected chi connectivity index (χ4v) is 3.15. The van der Waals surface area contributed by atoms with Crippen molar-refractivity contribution in [2.24, 2.45) is 5.92 Å². The quantitative estimate of drug-likeness (QED) is 0.849. The Balaban J connectivity index is 2.03. The molecule has 3 rings (SSSR count). The number of hydrogen-bond acceptors (Lipinski definition) is 2. The van der Waals surface area contributed by atoms with Crippen molar-refractivity contribution < 1.29 is 9.53 Å². The van der Waals surface area contributed by atoms with Crippen molar-refractivity contribution in [1.82, 2.24) is 4.98 Å². The van der Waals surface area contributed by atoms with Gasteiger partial charge in [0.1, 0.15) is 0 Å². The second-order valence-corrected chi connectivity index (χ2v) is 5.61. The van der Waals surface area contributed by atoms with Crippen molar-refractivity contribution in [3.63, 3.8) is 0 Å². The minimum atomic E-state index is 0.0273. The van der Waals surface area contributed by atoms with E-state index >= 15 is 0 Å². The maximum Gasteiger partial charge on any atom is 0.168 e. The number of aromatic nitrogens is 1. The summed E-state index contributed by atoms with van der Waals surface area (Å²) in [7, 11) is 0. The van der Waals surface area contributed by atoms with Gasteiger partial charge in [0.25, 0.3) is 0 Å². The van der Waals surface area contributed by atoms with E-state index in [2.05, 4.69) is 4.98 Å². The number of hydrogen-bond donors (Lipinski definition) is 1. The van der Waals surface area contributed by atoms with Crippen molar-refractivity contribution in [2.75, 3.05) is 13.2 Å². The first-order valence-corrected chi connectivity index (χ1v) is 7.00. The van der Waals surface area contributed by atoms with Crippen LogP contribution < -0.4 is 0 Å². The zero-order valence-corrected chi connectivity index (χ0v) is 11.7. The molecule has 0 saturated carbocycles. The number of H-pyrrole nitrogens is 1. The summed E-state index contributed by atoms with van der Waals surface area (Å²) < 4.78 is 5.29. The molecule has 1 N–H and O–H groups in total. The van der Waals surface area contributed by atoms with Crippen LogP contribution in [0.15, 0.2) is 18.3 Å². The fraction of sp³-hybridized carbons (Fsp3) is 0.357. The number of fused-ring (bicyclic) bond motifs is 1. The molecule has 0 atom stereocenters. The minimum absolute atomic E-state index is 0.0273. The molecule has 3 nitrogen and oxygen atoms in total. The van der Waals surface area contributed by atoms with Crippen LogP contribution in [-0.2, 0) is 4.74 Å². The second-order valence-electron chi connectivity index (χ2n) is 4.76. The molecule has 0 radical (unpaired) electrons. The van der Waals surface area contributed by atoms with Gasteiger partial charge in [-0.25, -0.2) is 0 Å². The van der Waals surface area contributed by atoms with E-state index in [9.17, 15) is 4.79 Å². The monoisotopic (exact) mass is 297 g/mol. The minimum Gasteiger partial charge on any atom is -0.381 e. The predicted molar refractivity (Wildman–Crippen MR) is 76.2 cm³/mol. The zero-order valence-electron chi connectivity index (χ0n) is 10.2. The number of halogens is 2. The summed E-state index contributed by atoms with van der Waals surface area (Å²) in [4.78, 5) is 15.6. The summed E-state index contributed by atoms with van der Waals surface area (Å²) in [5.74, 6) is 0.165. The maximum absolute atomic E-state index is 12.5. The molecule has 2 heterocycles. The largest absolute Gasteiger partial charge is 0.381 e. The summed E-state index contributed by atoms with van der Waals surface area (Å²) in [6.07, 6.45) is 3.28. The molecule has 19 heavy (non-hydrogen) atoms. The smallest absolute Gasteiger partial charge is 0.168 e. The fourth-order valence-electron chi connectivity index (χ4n) is 2.56. The lowest BCUT2D eigenvalue weighted by atomic mass is 9.91. The van der Waals surface area contributed by atoms with Crippen LogP contribution in [-0.4, -0.2) is 24.0 Å². The number of ketones is 1. The molecular weight excluding hydrogens is 285 g/mol. The highest BCUT2D eigenvalue weighted by Crippen LogP contribution is 2.32. The van der Waals surface area contributed by atoms with Gasteiger partial charge in [0, 0.05) is 46.8 Å². The molecule has 0 amide bonds. The van der Waals surface area contributed by atoms with Crippen molar-refractivity contribution in [3.8, 4) is 0 Å². The van der Waals surface area contributed by atoms with Gasteiger partial charge < -0.3 is 9.72 Å². The average molecular weight is 298 g/mol. The van der Waals surface area contributed by atoms with Crippen LogP contribution in [0, 0.1) is 5.92 Å². The molecule has 1 aliphatic heterocycles. The molecule has 2 aromatic rings. The zero-order chi connectivity index (χ0) is 13.4. The average Bonchev–Trinajstić information content (AvgIpc) is 2.83. The molecule has 0 unspecified atom stereocenters. The Morgan fingerprint density at radius 3 is 2.74 bits per heavy atom. The van der Waals surface area contributed by atoms with Crippen LogP contribution >= 0.6 is 23.2 Å². The first-order chi connectivity index (χ1) is 9.16. The first kappa shape index (κ1) is 13.0. The van der Waals surface area contributed by atoms with Gasteiger partial charge in [-0.15, -0.1) is 0 Å². The van der Waals surface area contributed by atoms with Crippen molar-refractivity contribution >= 4 is 39.9 Å². The number of aromatic amines is 1. The predicted octanol–water partition coefficient (Wildman–Crippen LogP) is 4.08. The number of rotatable bonds is 2. The topological polar surface area (TPSA) is 42.1 Å². The Hall–Kier alpha value is -1.03. The van der Waals surface area contributed by atoms with Crippen molar-refractivity contribution in [1.29, 1.82) is 0 Å². The number of ether oxygens (including phenoxy) is 1. The van der Waals surface area contributed by atoms with E-state index in [0.717, 1.165) is 23.7 Å². The Kier molecular flexibility index (Phi) is 3.52. The Bertz CT molecular complexity index is 630. The first-order valence-electron chi connectivity index (χ1n) is 6.25. The number of carbonyl (C=O) groups is 1. The van der Waals surface area contributed by atoms with E-state index < -0.39 is 0 Å². The Labute approximate surface area is 120 Å². The number of carbonyl (C=O) groups excluding carboxylic acids is 1. The van der Waals surface area contributed by atoms with Crippen LogP contribution in [0.3, 0.4) is 0 Å². The van der Waals surface area contributed by atoms with Crippen LogP contribution in [0.1, 0.15) is 23.2 Å². The Morgan fingerprint density at radius 2 is 2.00 bits per heavy atom. The number of nitrogens with one attached hydrogen (secondary N) is 1. The van der Waals surface area contributed by atoms with Gasteiger partial charge in [-0.3, -0.25) is 4.79 Å². The molecule has 1 aliphatic rings. The van der Waals surface area contributed by atoms with Gasteiger partial charge in [0.2, 0.25) is 0 Å². The molecule has 0 spiro atoms. The van der Waals surface area contributed by atoms with E-state index in [1.165, 1.54) is 0 Å². The van der Waals surface area contributed by atoms with Crippen LogP contribution in [0.2, 0.25) is 10.0 Å². The van der Waals surface area contributed by atoms with Gasteiger partial charge in [0.05, 0.1) is 5.02 Å². The lowest BCUT2D eigenvalue weighted by Gasteiger charge is -2.20. The van der Waals surface area contributed by atoms with Crippen LogP contribution in [0.4, 0.5) is 0 Å². The van der Waals surface area contributed by atoms with Gasteiger partial charge in [-0.1, -0.05) is 23.2 Å². The summed E-state index contributed by atoms with van der Waals surface area (Å²) in [6, 6.07) is 3.45. The molecule has 0 aliphatic carbocycles. The molecule has 100 valence electrons. The molecule has 1 aromatic heterocycles. The Morgan fingerprint density at radius 1 is 1.26 bits per heavy atom. The van der Waals surface area contributed by atoms with E-state index in [-0.39, 0.29) is 11.7 Å². The molecule has 1 fully saturated rings. The lowest BCUT2D eigenvalue weighted by molar-refractivity contribution is 0.0546. The molecule has 5 heteroatoms. The summed E-state index contributed by atoms with van der Waals surface area (Å²) in [5, 5.41) is 1.84.